The summed E-state index contributed by atoms with van der Waals surface area (Å²) in [5, 5.41) is 0.584. The zero-order valence-corrected chi connectivity index (χ0v) is 13.0. The SMILES string of the molecule is CC1CCc2ccccc2N1C(=O)c1nc(Cl)ccc1Cl. The van der Waals surface area contributed by atoms with Crippen LogP contribution in [0.4, 0.5) is 5.69 Å². The van der Waals surface area contributed by atoms with Gasteiger partial charge >= 0.3 is 0 Å². The summed E-state index contributed by atoms with van der Waals surface area (Å²) in [5.74, 6) is -0.206. The summed E-state index contributed by atoms with van der Waals surface area (Å²) in [6, 6.07) is 11.2. The summed E-state index contributed by atoms with van der Waals surface area (Å²) in [7, 11) is 0. The highest BCUT2D eigenvalue weighted by molar-refractivity contribution is 6.35. The molecule has 21 heavy (non-hydrogen) atoms. The second-order valence-electron chi connectivity index (χ2n) is 5.16. The molecule has 0 saturated heterocycles. The highest BCUT2D eigenvalue weighted by atomic mass is 35.5. The molecule has 0 N–H and O–H groups in total. The molecule has 1 aromatic carbocycles. The molecule has 0 aliphatic carbocycles. The number of carbonyl (C=O) groups excluding carboxylic acids is 1. The molecule has 1 amide bonds. The van der Waals surface area contributed by atoms with Gasteiger partial charge in [0.05, 0.1) is 5.02 Å². The first-order valence-corrected chi connectivity index (χ1v) is 7.57. The van der Waals surface area contributed by atoms with Crippen molar-refractivity contribution in [2.45, 2.75) is 25.8 Å². The predicted molar refractivity (Wildman–Crippen MR) is 85.3 cm³/mol. The second kappa shape index (κ2) is 5.66. The summed E-state index contributed by atoms with van der Waals surface area (Å²) in [4.78, 5) is 18.7. The zero-order valence-electron chi connectivity index (χ0n) is 11.5. The third-order valence-electron chi connectivity index (χ3n) is 3.76. The minimum Gasteiger partial charge on any atom is -0.304 e. The number of anilines is 1. The van der Waals surface area contributed by atoms with E-state index < -0.39 is 0 Å². The van der Waals surface area contributed by atoms with E-state index in [0.29, 0.717) is 5.02 Å². The first-order chi connectivity index (χ1) is 10.1. The van der Waals surface area contributed by atoms with Gasteiger partial charge in [-0.25, -0.2) is 4.98 Å². The van der Waals surface area contributed by atoms with Crippen LogP contribution in [0.5, 0.6) is 0 Å². The van der Waals surface area contributed by atoms with Crippen LogP contribution in [0.1, 0.15) is 29.4 Å². The Bertz CT molecular complexity index is 702. The van der Waals surface area contributed by atoms with Gasteiger partial charge in [-0.2, -0.15) is 0 Å². The van der Waals surface area contributed by atoms with Crippen LogP contribution < -0.4 is 4.90 Å². The molecule has 1 aliphatic rings. The standard InChI is InChI=1S/C16H14Cl2N2O/c1-10-6-7-11-4-2-3-5-13(11)20(10)16(21)15-12(17)8-9-14(18)19-15/h2-5,8-10H,6-7H2,1H3. The van der Waals surface area contributed by atoms with Crippen LogP contribution >= 0.6 is 23.2 Å². The Labute approximate surface area is 133 Å². The van der Waals surface area contributed by atoms with Crippen LogP contribution in [0.25, 0.3) is 0 Å². The molecule has 0 radical (unpaired) electrons. The first kappa shape index (κ1) is 14.4. The molecular weight excluding hydrogens is 307 g/mol. The van der Waals surface area contributed by atoms with Gasteiger partial charge < -0.3 is 4.90 Å². The number of nitrogens with zero attached hydrogens (tertiary/aromatic N) is 2. The number of fused-ring (bicyclic) bond motifs is 1. The lowest BCUT2D eigenvalue weighted by atomic mass is 9.96. The van der Waals surface area contributed by atoms with Crippen LogP contribution in [0.2, 0.25) is 10.2 Å². The Morgan fingerprint density at radius 2 is 2.00 bits per heavy atom. The summed E-state index contributed by atoms with van der Waals surface area (Å²) < 4.78 is 0. The van der Waals surface area contributed by atoms with Gasteiger partial charge in [-0.1, -0.05) is 41.4 Å². The third kappa shape index (κ3) is 2.63. The van der Waals surface area contributed by atoms with Gasteiger partial charge in [0, 0.05) is 11.7 Å². The van der Waals surface area contributed by atoms with E-state index in [1.165, 1.54) is 5.56 Å². The Kier molecular flexibility index (Phi) is 3.87. The maximum Gasteiger partial charge on any atom is 0.278 e. The number of halogens is 2. The monoisotopic (exact) mass is 320 g/mol. The molecule has 0 saturated carbocycles. The quantitative estimate of drug-likeness (QED) is 0.731. The van der Waals surface area contributed by atoms with Gasteiger partial charge in [-0.15, -0.1) is 0 Å². The highest BCUT2D eigenvalue weighted by Gasteiger charge is 2.30. The van der Waals surface area contributed by atoms with E-state index in [9.17, 15) is 4.79 Å². The van der Waals surface area contributed by atoms with Crippen molar-refractivity contribution in [3.8, 4) is 0 Å². The van der Waals surface area contributed by atoms with Gasteiger partial charge in [-0.05, 0) is 43.5 Å². The lowest BCUT2D eigenvalue weighted by molar-refractivity contribution is 0.0970. The second-order valence-corrected chi connectivity index (χ2v) is 5.95. The predicted octanol–water partition coefficient (Wildman–Crippen LogP) is 4.37. The number of amides is 1. The number of aromatic nitrogens is 1. The number of hydrogen-bond acceptors (Lipinski definition) is 2. The lowest BCUT2D eigenvalue weighted by Gasteiger charge is -2.35. The largest absolute Gasteiger partial charge is 0.304 e. The molecule has 0 spiro atoms. The number of aryl methyl sites for hydroxylation is 1. The number of rotatable bonds is 1. The lowest BCUT2D eigenvalue weighted by Crippen LogP contribution is -2.42. The number of carbonyl (C=O) groups is 1. The topological polar surface area (TPSA) is 33.2 Å². The average Bonchev–Trinajstić information content (AvgIpc) is 2.49. The summed E-state index contributed by atoms with van der Waals surface area (Å²) in [6.45, 7) is 2.03. The van der Waals surface area contributed by atoms with E-state index in [0.717, 1.165) is 18.5 Å². The molecule has 0 bridgehead atoms. The smallest absolute Gasteiger partial charge is 0.278 e. The summed E-state index contributed by atoms with van der Waals surface area (Å²) in [6.07, 6.45) is 1.89. The Morgan fingerprint density at radius 1 is 1.24 bits per heavy atom. The first-order valence-electron chi connectivity index (χ1n) is 6.81. The molecule has 5 heteroatoms. The molecule has 2 aromatic rings. The minimum atomic E-state index is -0.206. The fourth-order valence-electron chi connectivity index (χ4n) is 2.68. The van der Waals surface area contributed by atoms with E-state index in [4.69, 9.17) is 23.2 Å². The van der Waals surface area contributed by atoms with Crippen molar-refractivity contribution in [1.82, 2.24) is 4.98 Å². The minimum absolute atomic E-state index is 0.101. The zero-order chi connectivity index (χ0) is 15.0. The fraction of sp³-hybridized carbons (Fsp3) is 0.250. The maximum atomic E-state index is 12.9. The number of para-hydroxylation sites is 1. The molecule has 2 heterocycles. The van der Waals surface area contributed by atoms with Crippen molar-refractivity contribution >= 4 is 34.8 Å². The van der Waals surface area contributed by atoms with Crippen LogP contribution in [-0.2, 0) is 6.42 Å². The average molecular weight is 321 g/mol. The van der Waals surface area contributed by atoms with Gasteiger partial charge in [0.15, 0.2) is 0 Å². The molecule has 1 atom stereocenters. The molecular formula is C16H14Cl2N2O. The van der Waals surface area contributed by atoms with Gasteiger partial charge in [0.2, 0.25) is 0 Å². The Hall–Kier alpha value is -1.58. The van der Waals surface area contributed by atoms with Gasteiger partial charge in [0.25, 0.3) is 5.91 Å². The Balaban J connectivity index is 2.07. The maximum absolute atomic E-state index is 12.9. The van der Waals surface area contributed by atoms with E-state index >= 15 is 0 Å². The molecule has 1 aromatic heterocycles. The van der Waals surface area contributed by atoms with Crippen molar-refractivity contribution in [2.24, 2.45) is 0 Å². The molecule has 3 rings (SSSR count). The van der Waals surface area contributed by atoms with Gasteiger partial charge in [-0.3, -0.25) is 4.79 Å². The van der Waals surface area contributed by atoms with Crippen LogP contribution in [0.15, 0.2) is 36.4 Å². The molecule has 3 nitrogen and oxygen atoms in total. The fourth-order valence-corrected chi connectivity index (χ4v) is 3.01. The third-order valence-corrected chi connectivity index (χ3v) is 4.27. The van der Waals surface area contributed by atoms with Crippen molar-refractivity contribution in [3.05, 3.63) is 57.8 Å². The van der Waals surface area contributed by atoms with E-state index in [-0.39, 0.29) is 22.8 Å². The molecule has 108 valence electrons. The highest BCUT2D eigenvalue weighted by Crippen LogP contribution is 2.32. The van der Waals surface area contributed by atoms with Crippen LogP contribution in [0, 0.1) is 0 Å². The van der Waals surface area contributed by atoms with Crippen molar-refractivity contribution < 1.29 is 4.79 Å². The van der Waals surface area contributed by atoms with Crippen molar-refractivity contribution in [2.75, 3.05) is 4.90 Å². The number of pyridine rings is 1. The number of hydrogen-bond donors (Lipinski definition) is 0. The van der Waals surface area contributed by atoms with Crippen LogP contribution in [0.3, 0.4) is 0 Å². The summed E-state index contributed by atoms with van der Waals surface area (Å²) >= 11 is 12.0. The van der Waals surface area contributed by atoms with Gasteiger partial charge in [0.1, 0.15) is 10.8 Å². The Morgan fingerprint density at radius 3 is 2.81 bits per heavy atom. The molecule has 1 aliphatic heterocycles. The van der Waals surface area contributed by atoms with E-state index in [1.54, 1.807) is 17.0 Å². The number of benzene rings is 1. The van der Waals surface area contributed by atoms with E-state index in [2.05, 4.69) is 11.1 Å². The van der Waals surface area contributed by atoms with Crippen molar-refractivity contribution in [3.63, 3.8) is 0 Å². The molecule has 1 unspecified atom stereocenters. The van der Waals surface area contributed by atoms with Crippen molar-refractivity contribution in [1.29, 1.82) is 0 Å². The van der Waals surface area contributed by atoms with E-state index in [1.807, 2.05) is 25.1 Å². The summed E-state index contributed by atoms with van der Waals surface area (Å²) in [5.41, 5.74) is 2.30. The molecule has 0 fully saturated rings. The normalized spacial score (nSPS) is 17.5. The van der Waals surface area contributed by atoms with Crippen LogP contribution in [-0.4, -0.2) is 16.9 Å².